The van der Waals surface area contributed by atoms with Gasteiger partial charge in [0.1, 0.15) is 12.4 Å². The van der Waals surface area contributed by atoms with Crippen molar-refractivity contribution in [3.05, 3.63) is 18.2 Å². The third kappa shape index (κ3) is 3.16. The summed E-state index contributed by atoms with van der Waals surface area (Å²) in [7, 11) is -1.50. The Kier molecular flexibility index (Phi) is 4.08. The summed E-state index contributed by atoms with van der Waals surface area (Å²) in [5.41, 5.74) is 0.841. The Morgan fingerprint density at radius 2 is 2.00 bits per heavy atom. The Morgan fingerprint density at radius 1 is 1.24 bits per heavy atom. The normalized spacial score (nSPS) is 20.0. The molecule has 1 aromatic rings. The van der Waals surface area contributed by atoms with Gasteiger partial charge in [-0.25, -0.2) is 13.1 Å². The lowest BCUT2D eigenvalue weighted by Crippen LogP contribution is -2.36. The summed E-state index contributed by atoms with van der Waals surface area (Å²) in [5, 5.41) is 0. The molecule has 0 amide bonds. The molecule has 1 aliphatic heterocycles. The molecule has 21 heavy (non-hydrogen) atoms. The van der Waals surface area contributed by atoms with Gasteiger partial charge in [-0.05, 0) is 31.0 Å². The number of nitrogens with zero attached hydrogens (tertiary/aromatic N) is 1. The molecule has 0 atom stereocenters. The Hall–Kier alpha value is -1.27. The SMILES string of the molecule is CN1CCOc2ccc(S(=O)(=O)NC3CCCCC3)cc21. The van der Waals surface area contributed by atoms with Gasteiger partial charge in [-0.1, -0.05) is 19.3 Å². The zero-order valence-electron chi connectivity index (χ0n) is 12.3. The number of rotatable bonds is 3. The molecule has 1 saturated carbocycles. The van der Waals surface area contributed by atoms with Gasteiger partial charge in [-0.2, -0.15) is 0 Å². The molecule has 0 spiro atoms. The van der Waals surface area contributed by atoms with E-state index in [-0.39, 0.29) is 6.04 Å². The predicted octanol–water partition coefficient (Wildman–Crippen LogP) is 2.13. The van der Waals surface area contributed by atoms with E-state index in [0.717, 1.165) is 43.7 Å². The van der Waals surface area contributed by atoms with Gasteiger partial charge in [-0.15, -0.1) is 0 Å². The van der Waals surface area contributed by atoms with Crippen molar-refractivity contribution in [2.45, 2.75) is 43.0 Å². The number of fused-ring (bicyclic) bond motifs is 1. The third-order valence-electron chi connectivity index (χ3n) is 4.26. The molecule has 0 radical (unpaired) electrons. The summed E-state index contributed by atoms with van der Waals surface area (Å²) < 4.78 is 33.4. The number of benzene rings is 1. The number of sulfonamides is 1. The van der Waals surface area contributed by atoms with Crippen molar-refractivity contribution < 1.29 is 13.2 Å². The number of hydrogen-bond donors (Lipinski definition) is 1. The van der Waals surface area contributed by atoms with Crippen molar-refractivity contribution in [3.63, 3.8) is 0 Å². The zero-order valence-corrected chi connectivity index (χ0v) is 13.2. The molecule has 1 aliphatic carbocycles. The number of likely N-dealkylation sites (N-methyl/N-ethyl adjacent to an activating group) is 1. The minimum atomic E-state index is -3.45. The van der Waals surface area contributed by atoms with Crippen LogP contribution < -0.4 is 14.4 Å². The summed E-state index contributed by atoms with van der Waals surface area (Å²) in [5.74, 6) is 0.750. The van der Waals surface area contributed by atoms with Crippen LogP contribution in [0, 0.1) is 0 Å². The standard InChI is InChI=1S/C15H22N2O3S/c1-17-9-10-20-15-8-7-13(11-14(15)17)21(18,19)16-12-5-3-2-4-6-12/h7-8,11-12,16H,2-6,9-10H2,1H3. The summed E-state index contributed by atoms with van der Waals surface area (Å²) in [6.07, 6.45) is 5.29. The van der Waals surface area contributed by atoms with Gasteiger partial charge in [0.15, 0.2) is 0 Å². The molecule has 0 aromatic heterocycles. The second kappa shape index (κ2) is 5.85. The monoisotopic (exact) mass is 310 g/mol. The first-order valence-corrected chi connectivity index (χ1v) is 9.05. The highest BCUT2D eigenvalue weighted by molar-refractivity contribution is 7.89. The highest BCUT2D eigenvalue weighted by atomic mass is 32.2. The first kappa shape index (κ1) is 14.7. The van der Waals surface area contributed by atoms with E-state index in [9.17, 15) is 8.42 Å². The van der Waals surface area contributed by atoms with Crippen molar-refractivity contribution in [2.24, 2.45) is 0 Å². The molecule has 1 N–H and O–H groups in total. The number of hydrogen-bond acceptors (Lipinski definition) is 4. The maximum absolute atomic E-state index is 12.5. The van der Waals surface area contributed by atoms with Crippen LogP contribution in [0.25, 0.3) is 0 Å². The van der Waals surface area contributed by atoms with Crippen LogP contribution >= 0.6 is 0 Å². The van der Waals surface area contributed by atoms with Crippen LogP contribution in [-0.2, 0) is 10.0 Å². The van der Waals surface area contributed by atoms with Gasteiger partial charge in [0, 0.05) is 13.1 Å². The minimum Gasteiger partial charge on any atom is -0.490 e. The Bertz CT molecular complexity index is 609. The molecular formula is C15H22N2O3S. The number of ether oxygens (including phenoxy) is 1. The van der Waals surface area contributed by atoms with Crippen molar-refractivity contribution >= 4 is 15.7 Å². The fraction of sp³-hybridized carbons (Fsp3) is 0.600. The summed E-state index contributed by atoms with van der Waals surface area (Å²) >= 11 is 0. The highest BCUT2D eigenvalue weighted by Crippen LogP contribution is 2.33. The first-order valence-electron chi connectivity index (χ1n) is 7.56. The number of nitrogens with one attached hydrogen (secondary N) is 1. The quantitative estimate of drug-likeness (QED) is 0.929. The van der Waals surface area contributed by atoms with Gasteiger partial charge in [-0.3, -0.25) is 0 Å². The predicted molar refractivity (Wildman–Crippen MR) is 82.4 cm³/mol. The Labute approximate surface area is 126 Å². The summed E-state index contributed by atoms with van der Waals surface area (Å²) in [4.78, 5) is 2.35. The Balaban J connectivity index is 1.83. The molecule has 6 heteroatoms. The van der Waals surface area contributed by atoms with Crippen LogP contribution in [-0.4, -0.2) is 34.7 Å². The van der Waals surface area contributed by atoms with Crippen LogP contribution in [0.4, 0.5) is 5.69 Å². The minimum absolute atomic E-state index is 0.0776. The number of anilines is 1. The molecule has 0 unspecified atom stereocenters. The van der Waals surface area contributed by atoms with Gasteiger partial charge in [0.25, 0.3) is 0 Å². The molecule has 0 bridgehead atoms. The van der Waals surface area contributed by atoms with Crippen molar-refractivity contribution in [3.8, 4) is 5.75 Å². The lowest BCUT2D eigenvalue weighted by molar-refractivity contribution is 0.311. The topological polar surface area (TPSA) is 58.6 Å². The van der Waals surface area contributed by atoms with Crippen molar-refractivity contribution in [1.82, 2.24) is 4.72 Å². The van der Waals surface area contributed by atoms with Gasteiger partial charge in [0.05, 0.1) is 17.1 Å². The molecular weight excluding hydrogens is 288 g/mol. The van der Waals surface area contributed by atoms with E-state index < -0.39 is 10.0 Å². The van der Waals surface area contributed by atoms with Gasteiger partial charge < -0.3 is 9.64 Å². The van der Waals surface area contributed by atoms with Crippen molar-refractivity contribution in [1.29, 1.82) is 0 Å². The van der Waals surface area contributed by atoms with E-state index in [4.69, 9.17) is 4.74 Å². The lowest BCUT2D eigenvalue weighted by Gasteiger charge is -2.28. The molecule has 1 aromatic carbocycles. The van der Waals surface area contributed by atoms with E-state index in [2.05, 4.69) is 4.72 Å². The fourth-order valence-corrected chi connectivity index (χ4v) is 4.33. The van der Waals surface area contributed by atoms with E-state index >= 15 is 0 Å². The largest absolute Gasteiger partial charge is 0.490 e. The molecule has 2 aliphatic rings. The second-order valence-electron chi connectivity index (χ2n) is 5.86. The Morgan fingerprint density at radius 3 is 2.76 bits per heavy atom. The van der Waals surface area contributed by atoms with Crippen LogP contribution in [0.3, 0.4) is 0 Å². The third-order valence-corrected chi connectivity index (χ3v) is 5.78. The van der Waals surface area contributed by atoms with E-state index in [1.54, 1.807) is 18.2 Å². The average molecular weight is 310 g/mol. The van der Waals surface area contributed by atoms with E-state index in [0.29, 0.717) is 11.5 Å². The molecule has 116 valence electrons. The summed E-state index contributed by atoms with van der Waals surface area (Å²) in [6, 6.07) is 5.16. The maximum Gasteiger partial charge on any atom is 0.240 e. The van der Waals surface area contributed by atoms with E-state index in [1.807, 2.05) is 11.9 Å². The van der Waals surface area contributed by atoms with Crippen LogP contribution in [0.15, 0.2) is 23.1 Å². The molecule has 1 fully saturated rings. The zero-order chi connectivity index (χ0) is 14.9. The van der Waals surface area contributed by atoms with Crippen LogP contribution in [0.1, 0.15) is 32.1 Å². The smallest absolute Gasteiger partial charge is 0.240 e. The first-order chi connectivity index (χ1) is 10.1. The summed E-state index contributed by atoms with van der Waals surface area (Å²) in [6.45, 7) is 1.41. The van der Waals surface area contributed by atoms with E-state index in [1.165, 1.54) is 6.42 Å². The average Bonchev–Trinajstić information content (AvgIpc) is 2.48. The van der Waals surface area contributed by atoms with Gasteiger partial charge in [0.2, 0.25) is 10.0 Å². The molecule has 5 nitrogen and oxygen atoms in total. The lowest BCUT2D eigenvalue weighted by atomic mass is 9.96. The van der Waals surface area contributed by atoms with Crippen LogP contribution in [0.5, 0.6) is 5.75 Å². The molecule has 3 rings (SSSR count). The highest BCUT2D eigenvalue weighted by Gasteiger charge is 2.24. The van der Waals surface area contributed by atoms with Gasteiger partial charge >= 0.3 is 0 Å². The maximum atomic E-state index is 12.5. The second-order valence-corrected chi connectivity index (χ2v) is 7.57. The molecule has 1 heterocycles. The fourth-order valence-electron chi connectivity index (χ4n) is 3.01. The molecule has 0 saturated heterocycles. The van der Waals surface area contributed by atoms with Crippen molar-refractivity contribution in [2.75, 3.05) is 25.1 Å². The van der Waals surface area contributed by atoms with Crippen LogP contribution in [0.2, 0.25) is 0 Å².